The molecule has 182 valence electrons. The maximum Gasteiger partial charge on any atom is 0.319 e. The molecular weight excluding hydrogens is 430 g/mol. The number of carbonyl (C=O) groups is 1. The summed E-state index contributed by atoms with van der Waals surface area (Å²) in [4.78, 5) is 28.6. The summed E-state index contributed by atoms with van der Waals surface area (Å²) in [7, 11) is 1.63. The Balaban J connectivity index is 1.49. The Labute approximate surface area is 201 Å². The average molecular weight is 466 g/mol. The molecule has 1 aliphatic heterocycles. The van der Waals surface area contributed by atoms with Gasteiger partial charge in [0.25, 0.3) is 5.91 Å². The number of pyridine rings is 1. The van der Waals surface area contributed by atoms with Crippen molar-refractivity contribution in [1.82, 2.24) is 20.3 Å². The maximum absolute atomic E-state index is 12.8. The van der Waals surface area contributed by atoms with Crippen molar-refractivity contribution in [2.45, 2.75) is 58.6 Å². The van der Waals surface area contributed by atoms with Crippen LogP contribution in [0, 0.1) is 5.92 Å². The molecule has 2 aliphatic rings. The molecule has 2 aromatic heterocycles. The highest BCUT2D eigenvalue weighted by Gasteiger charge is 2.28. The van der Waals surface area contributed by atoms with Gasteiger partial charge in [0.2, 0.25) is 0 Å². The number of aromatic nitrogens is 3. The number of rotatable bonds is 9. The minimum absolute atomic E-state index is 0.0663. The fourth-order valence-electron chi connectivity index (χ4n) is 4.40. The number of carbonyl (C=O) groups excluding carboxylic acids is 1. The molecule has 1 fully saturated rings. The maximum atomic E-state index is 12.8. The molecule has 0 spiro atoms. The Hall–Kier alpha value is -3.00. The fraction of sp³-hybridized carbons (Fsp3) is 0.538. The summed E-state index contributed by atoms with van der Waals surface area (Å²) in [5.74, 6) is 1.03. The Kier molecular flexibility index (Phi) is 7.77. The number of hydrogen-bond acceptors (Lipinski definition) is 7. The number of allylic oxidation sites excluding steroid dienone is 2. The molecule has 8 heteroatoms. The standard InChI is InChI=1S/C26H35N5O3/c1-5-17(2)28-25(32)23-15-24(30-26(29-23)34-16-18(3)33-4)31-13-10-19(11-14-31)20-8-9-22-21(20)7-6-12-27-22/h6-8,12,15,17-19H,5,9-11,13-14,16H2,1-4H3,(H,28,32)/t17-,18+/m0/s1. The summed E-state index contributed by atoms with van der Waals surface area (Å²) < 4.78 is 11.1. The van der Waals surface area contributed by atoms with Gasteiger partial charge in [-0.15, -0.1) is 0 Å². The van der Waals surface area contributed by atoms with E-state index in [1.165, 1.54) is 16.8 Å². The first kappa shape index (κ1) is 24.1. The van der Waals surface area contributed by atoms with E-state index in [4.69, 9.17) is 9.47 Å². The van der Waals surface area contributed by atoms with Crippen LogP contribution in [0.2, 0.25) is 0 Å². The third-order valence-electron chi connectivity index (χ3n) is 6.74. The molecule has 4 rings (SSSR count). The van der Waals surface area contributed by atoms with E-state index in [0.29, 0.717) is 18.2 Å². The van der Waals surface area contributed by atoms with Gasteiger partial charge in [0.15, 0.2) is 0 Å². The van der Waals surface area contributed by atoms with E-state index in [0.717, 1.165) is 44.6 Å². The van der Waals surface area contributed by atoms with Gasteiger partial charge in [-0.05, 0) is 56.2 Å². The molecule has 1 aliphatic carbocycles. The minimum atomic E-state index is -0.210. The number of hydrogen-bond donors (Lipinski definition) is 1. The summed E-state index contributed by atoms with van der Waals surface area (Å²) in [6, 6.07) is 6.25. The summed E-state index contributed by atoms with van der Waals surface area (Å²) >= 11 is 0. The molecule has 3 heterocycles. The highest BCUT2D eigenvalue weighted by atomic mass is 16.5. The molecule has 2 aromatic rings. The molecular formula is C26H35N5O3. The van der Waals surface area contributed by atoms with Gasteiger partial charge in [-0.2, -0.15) is 9.97 Å². The summed E-state index contributed by atoms with van der Waals surface area (Å²) in [6.45, 7) is 7.96. The van der Waals surface area contributed by atoms with Crippen LogP contribution in [-0.2, 0) is 11.2 Å². The van der Waals surface area contributed by atoms with Gasteiger partial charge in [-0.1, -0.05) is 19.1 Å². The van der Waals surface area contributed by atoms with Crippen molar-refractivity contribution in [3.63, 3.8) is 0 Å². The molecule has 1 saturated heterocycles. The zero-order chi connectivity index (χ0) is 24.1. The van der Waals surface area contributed by atoms with Crippen LogP contribution in [0.25, 0.3) is 5.57 Å². The highest BCUT2D eigenvalue weighted by molar-refractivity contribution is 5.93. The number of methoxy groups -OCH3 is 1. The van der Waals surface area contributed by atoms with Crippen molar-refractivity contribution >= 4 is 17.3 Å². The van der Waals surface area contributed by atoms with Gasteiger partial charge in [0.05, 0.1) is 11.8 Å². The number of ether oxygens (including phenoxy) is 2. The van der Waals surface area contributed by atoms with Gasteiger partial charge in [-0.3, -0.25) is 9.78 Å². The van der Waals surface area contributed by atoms with Crippen LogP contribution in [0.15, 0.2) is 30.5 Å². The Morgan fingerprint density at radius 3 is 2.79 bits per heavy atom. The van der Waals surface area contributed by atoms with Gasteiger partial charge >= 0.3 is 6.01 Å². The van der Waals surface area contributed by atoms with Gasteiger partial charge in [-0.25, -0.2) is 0 Å². The van der Waals surface area contributed by atoms with Crippen molar-refractivity contribution < 1.29 is 14.3 Å². The first-order valence-corrected chi connectivity index (χ1v) is 12.2. The fourth-order valence-corrected chi connectivity index (χ4v) is 4.40. The lowest BCUT2D eigenvalue weighted by Gasteiger charge is -2.34. The lowest BCUT2D eigenvalue weighted by molar-refractivity contribution is 0.0678. The van der Waals surface area contributed by atoms with Crippen LogP contribution in [0.5, 0.6) is 6.01 Å². The topological polar surface area (TPSA) is 89.5 Å². The van der Waals surface area contributed by atoms with Crippen LogP contribution in [0.1, 0.15) is 61.8 Å². The Bertz CT molecular complexity index is 1030. The second-order valence-corrected chi connectivity index (χ2v) is 9.16. The first-order valence-electron chi connectivity index (χ1n) is 12.2. The molecule has 1 amide bonds. The SMILES string of the molecule is CC[C@H](C)NC(=O)c1cc(N2CCC(C3=CCc4ncccc43)CC2)nc(OC[C@@H](C)OC)n1. The van der Waals surface area contributed by atoms with E-state index >= 15 is 0 Å². The van der Waals surface area contributed by atoms with Crippen LogP contribution in [0.3, 0.4) is 0 Å². The zero-order valence-electron chi connectivity index (χ0n) is 20.6. The van der Waals surface area contributed by atoms with E-state index in [1.54, 1.807) is 13.2 Å². The van der Waals surface area contributed by atoms with Crippen molar-refractivity contribution in [3.8, 4) is 6.01 Å². The lowest BCUT2D eigenvalue weighted by Crippen LogP contribution is -2.36. The summed E-state index contributed by atoms with van der Waals surface area (Å²) in [5, 5.41) is 2.99. The van der Waals surface area contributed by atoms with E-state index in [1.807, 2.05) is 33.0 Å². The normalized spacial score (nSPS) is 17.6. The molecule has 8 nitrogen and oxygen atoms in total. The number of nitrogens with zero attached hydrogens (tertiary/aromatic N) is 4. The van der Waals surface area contributed by atoms with Crippen LogP contribution in [-0.4, -0.2) is 59.8 Å². The predicted octanol–water partition coefficient (Wildman–Crippen LogP) is 3.67. The van der Waals surface area contributed by atoms with E-state index in [-0.39, 0.29) is 24.1 Å². The third kappa shape index (κ3) is 5.55. The quantitative estimate of drug-likeness (QED) is 0.604. The van der Waals surface area contributed by atoms with Crippen molar-refractivity contribution in [1.29, 1.82) is 0 Å². The largest absolute Gasteiger partial charge is 0.461 e. The smallest absolute Gasteiger partial charge is 0.319 e. The molecule has 0 aromatic carbocycles. The number of anilines is 1. The first-order chi connectivity index (χ1) is 16.5. The molecule has 0 bridgehead atoms. The van der Waals surface area contributed by atoms with Gasteiger partial charge in [0.1, 0.15) is 18.1 Å². The van der Waals surface area contributed by atoms with Crippen LogP contribution < -0.4 is 15.0 Å². The van der Waals surface area contributed by atoms with Crippen LogP contribution in [0.4, 0.5) is 5.82 Å². The van der Waals surface area contributed by atoms with Crippen molar-refractivity contribution in [2.75, 3.05) is 31.7 Å². The molecule has 34 heavy (non-hydrogen) atoms. The van der Waals surface area contributed by atoms with Crippen LogP contribution >= 0.6 is 0 Å². The third-order valence-corrected chi connectivity index (χ3v) is 6.74. The van der Waals surface area contributed by atoms with E-state index in [2.05, 4.69) is 37.3 Å². The van der Waals surface area contributed by atoms with Gasteiger partial charge < -0.3 is 19.7 Å². The van der Waals surface area contributed by atoms with Crippen molar-refractivity contribution in [2.24, 2.45) is 5.92 Å². The van der Waals surface area contributed by atoms with Gasteiger partial charge in [0, 0.05) is 44.9 Å². The summed E-state index contributed by atoms with van der Waals surface area (Å²) in [5.41, 5.74) is 4.23. The number of amides is 1. The van der Waals surface area contributed by atoms with Crippen molar-refractivity contribution in [3.05, 3.63) is 47.4 Å². The summed E-state index contributed by atoms with van der Waals surface area (Å²) in [6.07, 6.45) is 7.92. The average Bonchev–Trinajstić information content (AvgIpc) is 3.31. The number of fused-ring (bicyclic) bond motifs is 1. The molecule has 0 saturated carbocycles. The number of nitrogens with one attached hydrogen (secondary N) is 1. The zero-order valence-corrected chi connectivity index (χ0v) is 20.6. The molecule has 0 radical (unpaired) electrons. The minimum Gasteiger partial charge on any atom is -0.461 e. The second-order valence-electron chi connectivity index (χ2n) is 9.16. The Morgan fingerprint density at radius 2 is 2.06 bits per heavy atom. The van der Waals surface area contributed by atoms with E-state index in [9.17, 15) is 4.79 Å². The molecule has 2 atom stereocenters. The molecule has 0 unspecified atom stereocenters. The Morgan fingerprint density at radius 1 is 1.26 bits per heavy atom. The predicted molar refractivity (Wildman–Crippen MR) is 132 cm³/mol. The monoisotopic (exact) mass is 465 g/mol. The highest BCUT2D eigenvalue weighted by Crippen LogP contribution is 2.37. The molecule has 1 N–H and O–H groups in total. The second kappa shape index (κ2) is 11.0. The van der Waals surface area contributed by atoms with E-state index < -0.39 is 0 Å². The lowest BCUT2D eigenvalue weighted by atomic mass is 9.86. The number of piperidine rings is 1.